The van der Waals surface area contributed by atoms with E-state index < -0.39 is 29.0 Å². The number of hydrogen-bond acceptors (Lipinski definition) is 4. The molecule has 1 rings (SSSR count). The Balaban J connectivity index is 0.000000543. The Bertz CT molecular complexity index is 638. The van der Waals surface area contributed by atoms with Gasteiger partial charge in [-0.3, -0.25) is 0 Å². The minimum absolute atomic E-state index is 0.266. The molecular weight excluding hydrogens is 376 g/mol. The van der Waals surface area contributed by atoms with E-state index in [1.807, 2.05) is 0 Å². The van der Waals surface area contributed by atoms with Crippen LogP contribution in [0, 0.1) is 5.92 Å². The van der Waals surface area contributed by atoms with E-state index in [9.17, 15) is 14.4 Å². The van der Waals surface area contributed by atoms with E-state index in [-0.39, 0.29) is 5.56 Å². The average molecular weight is 411 g/mol. The highest BCUT2D eigenvalue weighted by molar-refractivity contribution is 6.03. The largest absolute Gasteiger partial charge is 0.478 e. The van der Waals surface area contributed by atoms with Crippen LogP contribution < -0.4 is 0 Å². The Labute approximate surface area is 172 Å². The van der Waals surface area contributed by atoms with Crippen molar-refractivity contribution >= 4 is 17.9 Å². The third-order valence-corrected chi connectivity index (χ3v) is 4.42. The molecule has 0 aliphatic carbocycles. The lowest BCUT2D eigenvalue weighted by Crippen LogP contribution is -2.10. The van der Waals surface area contributed by atoms with Crippen molar-refractivity contribution in [3.63, 3.8) is 0 Å². The Hall–Kier alpha value is -2.41. The summed E-state index contributed by atoms with van der Waals surface area (Å²) in [5.74, 6) is -3.33. The van der Waals surface area contributed by atoms with Crippen LogP contribution >= 0.6 is 0 Å². The van der Waals surface area contributed by atoms with Crippen molar-refractivity contribution in [1.29, 1.82) is 0 Å². The van der Waals surface area contributed by atoms with Crippen LogP contribution in [0.3, 0.4) is 0 Å². The monoisotopic (exact) mass is 410 g/mol. The molecule has 164 valence electrons. The van der Waals surface area contributed by atoms with Crippen molar-refractivity contribution in [2.75, 3.05) is 6.61 Å². The summed E-state index contributed by atoms with van der Waals surface area (Å²) in [6, 6.07) is 2.81. The van der Waals surface area contributed by atoms with E-state index in [1.54, 1.807) is 0 Å². The van der Waals surface area contributed by atoms with Gasteiger partial charge in [-0.2, -0.15) is 0 Å². The Morgan fingerprint density at radius 1 is 0.724 bits per heavy atom. The molecule has 0 aliphatic heterocycles. The highest BCUT2D eigenvalue weighted by atomic mass is 16.4. The van der Waals surface area contributed by atoms with Crippen molar-refractivity contribution in [3.8, 4) is 0 Å². The van der Waals surface area contributed by atoms with E-state index in [4.69, 9.17) is 20.4 Å². The van der Waals surface area contributed by atoms with E-state index in [0.29, 0.717) is 6.61 Å². The minimum Gasteiger partial charge on any atom is -0.478 e. The van der Waals surface area contributed by atoms with E-state index in [2.05, 4.69) is 13.8 Å². The molecule has 1 aromatic carbocycles. The van der Waals surface area contributed by atoms with E-state index >= 15 is 0 Å². The van der Waals surface area contributed by atoms with Crippen LogP contribution in [-0.2, 0) is 0 Å². The number of benzene rings is 1. The van der Waals surface area contributed by atoms with Gasteiger partial charge in [-0.25, -0.2) is 14.4 Å². The van der Waals surface area contributed by atoms with E-state index in [0.717, 1.165) is 30.5 Å². The number of carboxylic acids is 3. The number of carbonyl (C=O) groups is 3. The van der Waals surface area contributed by atoms with Crippen LogP contribution in [0.5, 0.6) is 0 Å². The van der Waals surface area contributed by atoms with Crippen LogP contribution in [0.15, 0.2) is 18.2 Å². The highest BCUT2D eigenvalue weighted by Crippen LogP contribution is 2.13. The first-order chi connectivity index (χ1) is 13.7. The summed E-state index contributed by atoms with van der Waals surface area (Å²) in [5, 5.41) is 34.5. The lowest BCUT2D eigenvalue weighted by molar-refractivity contribution is 0.0649. The summed E-state index contributed by atoms with van der Waals surface area (Å²) in [6.45, 7) is 4.97. The quantitative estimate of drug-likeness (QED) is 0.339. The molecule has 0 saturated heterocycles. The Morgan fingerprint density at radius 3 is 1.62 bits per heavy atom. The third kappa shape index (κ3) is 12.6. The summed E-state index contributed by atoms with van der Waals surface area (Å²) in [7, 11) is 0. The predicted molar refractivity (Wildman–Crippen MR) is 111 cm³/mol. The number of rotatable bonds is 13. The van der Waals surface area contributed by atoms with Crippen LogP contribution in [-0.4, -0.2) is 44.9 Å². The van der Waals surface area contributed by atoms with Crippen molar-refractivity contribution in [3.05, 3.63) is 34.9 Å². The van der Waals surface area contributed by atoms with Crippen molar-refractivity contribution < 1.29 is 34.8 Å². The van der Waals surface area contributed by atoms with Gasteiger partial charge in [-0.1, -0.05) is 65.2 Å². The first kappa shape index (κ1) is 26.6. The minimum atomic E-state index is -1.48. The topological polar surface area (TPSA) is 132 Å². The fraction of sp³-hybridized carbons (Fsp3) is 0.591. The molecule has 0 aromatic heterocycles. The lowest BCUT2D eigenvalue weighted by atomic mass is 10.0. The molecular formula is C22H34O7. The van der Waals surface area contributed by atoms with Crippen LogP contribution in [0.2, 0.25) is 0 Å². The van der Waals surface area contributed by atoms with Crippen LogP contribution in [0.4, 0.5) is 0 Å². The normalized spacial score (nSPS) is 10.3. The molecule has 1 aromatic rings. The standard InChI is InChI=1S/C13H28O.C9H6O6/c1-13(2)11-9-7-5-3-4-6-8-10-12-14;10-7(11)4-1-2-5(8(12)13)6(3-4)9(14)15/h13-14H,3-12H2,1-2H3;1-3H,(H,10,11)(H,12,13)(H,14,15). The van der Waals surface area contributed by atoms with Gasteiger partial charge < -0.3 is 20.4 Å². The van der Waals surface area contributed by atoms with Crippen LogP contribution in [0.25, 0.3) is 0 Å². The van der Waals surface area contributed by atoms with Gasteiger partial charge in [0, 0.05) is 6.61 Å². The summed E-state index contributed by atoms with van der Waals surface area (Å²) in [4.78, 5) is 31.8. The maximum Gasteiger partial charge on any atom is 0.336 e. The molecule has 0 bridgehead atoms. The number of carboxylic acid groups (broad SMARTS) is 3. The van der Waals surface area contributed by atoms with Crippen molar-refractivity contribution in [2.24, 2.45) is 5.92 Å². The maximum atomic E-state index is 10.6. The summed E-state index contributed by atoms with van der Waals surface area (Å²) >= 11 is 0. The zero-order valence-corrected chi connectivity index (χ0v) is 17.4. The van der Waals surface area contributed by atoms with Gasteiger partial charge in [0.05, 0.1) is 16.7 Å². The van der Waals surface area contributed by atoms with Crippen molar-refractivity contribution in [2.45, 2.75) is 71.6 Å². The fourth-order valence-electron chi connectivity index (χ4n) is 2.77. The second kappa shape index (κ2) is 15.5. The molecule has 0 fully saturated rings. The molecule has 29 heavy (non-hydrogen) atoms. The second-order valence-corrected chi connectivity index (χ2v) is 7.41. The van der Waals surface area contributed by atoms with Gasteiger partial charge >= 0.3 is 17.9 Å². The molecule has 0 heterocycles. The van der Waals surface area contributed by atoms with E-state index in [1.165, 1.54) is 51.4 Å². The summed E-state index contributed by atoms with van der Waals surface area (Å²) in [6.07, 6.45) is 11.9. The number of unbranched alkanes of at least 4 members (excludes halogenated alkanes) is 7. The fourth-order valence-corrected chi connectivity index (χ4v) is 2.77. The zero-order valence-electron chi connectivity index (χ0n) is 17.4. The molecule has 0 atom stereocenters. The zero-order chi connectivity index (χ0) is 22.2. The maximum absolute atomic E-state index is 10.6. The number of hydrogen-bond donors (Lipinski definition) is 4. The van der Waals surface area contributed by atoms with Gasteiger partial charge in [0.15, 0.2) is 0 Å². The van der Waals surface area contributed by atoms with Gasteiger partial charge in [0.25, 0.3) is 0 Å². The second-order valence-electron chi connectivity index (χ2n) is 7.41. The predicted octanol–water partition coefficient (Wildman–Crippen LogP) is 4.93. The lowest BCUT2D eigenvalue weighted by Gasteiger charge is -2.04. The molecule has 0 spiro atoms. The number of aromatic carboxylic acids is 3. The molecule has 0 aliphatic rings. The van der Waals surface area contributed by atoms with Crippen LogP contribution in [0.1, 0.15) is 103 Å². The van der Waals surface area contributed by atoms with Crippen molar-refractivity contribution in [1.82, 2.24) is 0 Å². The summed E-state index contributed by atoms with van der Waals surface area (Å²) in [5.41, 5.74) is -1.24. The number of aliphatic hydroxyl groups excluding tert-OH is 1. The van der Waals surface area contributed by atoms with Gasteiger partial charge in [0.1, 0.15) is 0 Å². The van der Waals surface area contributed by atoms with Gasteiger partial charge in [0.2, 0.25) is 0 Å². The number of aliphatic hydroxyl groups is 1. The smallest absolute Gasteiger partial charge is 0.336 e. The Kier molecular flexibility index (Phi) is 14.2. The molecule has 0 amide bonds. The third-order valence-electron chi connectivity index (χ3n) is 4.42. The highest BCUT2D eigenvalue weighted by Gasteiger charge is 2.17. The van der Waals surface area contributed by atoms with Gasteiger partial charge in [-0.15, -0.1) is 0 Å². The molecule has 4 N–H and O–H groups in total. The Morgan fingerprint density at radius 2 is 1.21 bits per heavy atom. The summed E-state index contributed by atoms with van der Waals surface area (Å²) < 4.78 is 0. The van der Waals surface area contributed by atoms with Gasteiger partial charge in [-0.05, 0) is 30.5 Å². The first-order valence-electron chi connectivity index (χ1n) is 10.2. The SMILES string of the molecule is CC(C)CCCCCCCCCCO.O=C(O)c1ccc(C(=O)O)c(C(=O)O)c1. The average Bonchev–Trinajstić information content (AvgIpc) is 2.66. The first-order valence-corrected chi connectivity index (χ1v) is 10.2. The molecule has 0 radical (unpaired) electrons. The molecule has 0 saturated carbocycles. The molecule has 7 heteroatoms. The molecule has 7 nitrogen and oxygen atoms in total. The molecule has 0 unspecified atom stereocenters.